The van der Waals surface area contributed by atoms with Crippen molar-refractivity contribution in [2.45, 2.75) is 19.4 Å². The van der Waals surface area contributed by atoms with Gasteiger partial charge in [-0.25, -0.2) is 9.68 Å². The highest BCUT2D eigenvalue weighted by Crippen LogP contribution is 1.98. The van der Waals surface area contributed by atoms with E-state index < -0.39 is 16.9 Å². The Labute approximate surface area is 86.3 Å². The van der Waals surface area contributed by atoms with Crippen LogP contribution < -0.4 is 0 Å². The van der Waals surface area contributed by atoms with E-state index in [4.69, 9.17) is 25.6 Å². The molecule has 0 fully saturated rings. The number of hydrogen-bond acceptors (Lipinski definition) is 9. The highest BCUT2D eigenvalue weighted by molar-refractivity contribution is 4.51. The third kappa shape index (κ3) is 9.93. The Kier molecular flexibility index (Phi) is 8.70. The van der Waals surface area contributed by atoms with Crippen LogP contribution in [0, 0.1) is 0 Å². The molecule has 0 aliphatic heterocycles. The molecular formula is C6H16N2O7. The lowest BCUT2D eigenvalue weighted by Crippen LogP contribution is -2.34. The molecule has 0 aliphatic rings. The molecule has 0 rings (SSSR count). The van der Waals surface area contributed by atoms with Gasteiger partial charge >= 0.3 is 0 Å². The summed E-state index contributed by atoms with van der Waals surface area (Å²) < 4.78 is 5.04. The summed E-state index contributed by atoms with van der Waals surface area (Å²) in [6.45, 7) is 2.06. The Hall–Kier alpha value is -0.360. The van der Waals surface area contributed by atoms with Crippen LogP contribution in [0.2, 0.25) is 0 Å². The lowest BCUT2D eigenvalue weighted by atomic mass is 10.4. The number of ether oxygens (including phenoxy) is 1. The molecule has 0 aliphatic carbocycles. The molecule has 4 N–H and O–H groups in total. The van der Waals surface area contributed by atoms with E-state index in [0.717, 1.165) is 6.42 Å². The van der Waals surface area contributed by atoms with E-state index in [9.17, 15) is 0 Å². The summed E-state index contributed by atoms with van der Waals surface area (Å²) >= 11 is 0. The smallest absolute Gasteiger partial charge is 0.133 e. The number of hydrogen-bond donors (Lipinski definition) is 4. The largest absolute Gasteiger partial charge is 0.379 e. The summed E-state index contributed by atoms with van der Waals surface area (Å²) in [6, 6.07) is 0. The van der Waals surface area contributed by atoms with Gasteiger partial charge in [0.1, 0.15) is 12.7 Å². The van der Waals surface area contributed by atoms with Crippen LogP contribution in [0.25, 0.3) is 0 Å². The molecule has 0 aromatic rings. The zero-order valence-corrected chi connectivity index (χ0v) is 8.31. The lowest BCUT2D eigenvalue weighted by molar-refractivity contribution is -0.528. The third-order valence-electron chi connectivity index (χ3n) is 1.27. The molecule has 15 heavy (non-hydrogen) atoms. The fraction of sp³-hybridized carbons (Fsp3) is 1.00. The Bertz CT molecular complexity index is 145. The summed E-state index contributed by atoms with van der Waals surface area (Å²) in [6.07, 6.45) is -0.0878. The quantitative estimate of drug-likeness (QED) is 0.314. The van der Waals surface area contributed by atoms with Crippen LogP contribution in [0.15, 0.2) is 0 Å². The van der Waals surface area contributed by atoms with Gasteiger partial charge in [-0.2, -0.15) is 0 Å². The zero-order valence-electron chi connectivity index (χ0n) is 8.31. The average molecular weight is 228 g/mol. The monoisotopic (exact) mass is 228 g/mol. The second-order valence-corrected chi connectivity index (χ2v) is 2.60. The molecule has 0 aromatic heterocycles. The first-order valence-electron chi connectivity index (χ1n) is 4.29. The molecule has 9 heteroatoms. The van der Waals surface area contributed by atoms with Crippen molar-refractivity contribution in [1.29, 1.82) is 0 Å². The van der Waals surface area contributed by atoms with Crippen molar-refractivity contribution in [3.63, 3.8) is 0 Å². The molecule has 1 atom stereocenters. The normalized spacial score (nSPS) is 13.8. The summed E-state index contributed by atoms with van der Waals surface area (Å²) in [4.78, 5) is 8.62. The maximum Gasteiger partial charge on any atom is 0.133 e. The van der Waals surface area contributed by atoms with Crippen molar-refractivity contribution in [1.82, 2.24) is 10.8 Å². The Balaban J connectivity index is 3.73. The molecule has 0 radical (unpaired) electrons. The van der Waals surface area contributed by atoms with Crippen molar-refractivity contribution in [3.8, 4) is 0 Å². The minimum absolute atomic E-state index is 0.0132. The predicted molar refractivity (Wildman–Crippen MR) is 42.8 cm³/mol. The Morgan fingerprint density at radius 1 is 1.07 bits per heavy atom. The third-order valence-corrected chi connectivity index (χ3v) is 1.27. The summed E-state index contributed by atoms with van der Waals surface area (Å²) in [5, 5.41) is 32.2. The van der Waals surface area contributed by atoms with Gasteiger partial charge in [0.05, 0.1) is 17.4 Å². The minimum atomic E-state index is -0.881. The molecule has 0 unspecified atom stereocenters. The van der Waals surface area contributed by atoms with E-state index in [2.05, 4.69) is 9.68 Å². The maximum absolute atomic E-state index is 8.36. The lowest BCUT2D eigenvalue weighted by Gasteiger charge is -2.18. The van der Waals surface area contributed by atoms with Crippen LogP contribution >= 0.6 is 0 Å². The molecule has 0 heterocycles. The second-order valence-electron chi connectivity index (χ2n) is 2.60. The molecule has 0 aromatic carbocycles. The van der Waals surface area contributed by atoms with Crippen molar-refractivity contribution < 1.29 is 35.2 Å². The van der Waals surface area contributed by atoms with Crippen molar-refractivity contribution in [2.75, 3.05) is 19.8 Å². The molecular weight excluding hydrogens is 212 g/mol. The average Bonchev–Trinajstić information content (AvgIpc) is 2.13. The predicted octanol–water partition coefficient (Wildman–Crippen LogP) is -0.194. The molecule has 0 spiro atoms. The molecule has 9 nitrogen and oxygen atoms in total. The van der Waals surface area contributed by atoms with Gasteiger partial charge in [-0.05, 0) is 6.42 Å². The van der Waals surface area contributed by atoms with Gasteiger partial charge in [-0.15, -0.1) is 0 Å². The van der Waals surface area contributed by atoms with Crippen LogP contribution in [0.1, 0.15) is 13.3 Å². The van der Waals surface area contributed by atoms with E-state index in [1.54, 1.807) is 0 Å². The first-order chi connectivity index (χ1) is 7.06. The van der Waals surface area contributed by atoms with E-state index in [-0.39, 0.29) is 13.2 Å². The van der Waals surface area contributed by atoms with E-state index in [0.29, 0.717) is 6.61 Å². The van der Waals surface area contributed by atoms with Crippen LogP contribution in [0.4, 0.5) is 0 Å². The fourth-order valence-corrected chi connectivity index (χ4v) is 0.751. The molecule has 0 saturated carbocycles. The van der Waals surface area contributed by atoms with Crippen LogP contribution in [-0.2, 0) is 14.4 Å². The maximum atomic E-state index is 8.36. The van der Waals surface area contributed by atoms with Crippen molar-refractivity contribution >= 4 is 0 Å². The van der Waals surface area contributed by atoms with Gasteiger partial charge in [-0.1, -0.05) is 6.92 Å². The van der Waals surface area contributed by atoms with Crippen LogP contribution in [-0.4, -0.2) is 57.5 Å². The highest BCUT2D eigenvalue weighted by atomic mass is 17.1. The second kappa shape index (κ2) is 8.91. The van der Waals surface area contributed by atoms with Crippen molar-refractivity contribution in [2.24, 2.45) is 0 Å². The van der Waals surface area contributed by atoms with E-state index in [1.807, 2.05) is 6.92 Å². The van der Waals surface area contributed by atoms with Gasteiger partial charge < -0.3 is 4.74 Å². The van der Waals surface area contributed by atoms with Crippen LogP contribution in [0.3, 0.4) is 0 Å². The standard InChI is InChI=1S/C6H16N2O7/c1-2-3-13-4-6(15-8(11)12)5-14-7(9)10/h6,9-12H,2-5H2,1H3/t6-/m1/s1. The Morgan fingerprint density at radius 3 is 2.20 bits per heavy atom. The van der Waals surface area contributed by atoms with E-state index >= 15 is 0 Å². The van der Waals surface area contributed by atoms with Gasteiger partial charge in [0.15, 0.2) is 0 Å². The minimum Gasteiger partial charge on any atom is -0.379 e. The SMILES string of the molecule is CCCOC[C@H](CON(O)O)ON(O)O. The number of nitrogens with zero attached hydrogens (tertiary/aromatic N) is 2. The van der Waals surface area contributed by atoms with E-state index in [1.165, 1.54) is 0 Å². The van der Waals surface area contributed by atoms with Gasteiger partial charge in [0, 0.05) is 6.61 Å². The summed E-state index contributed by atoms with van der Waals surface area (Å²) in [5.41, 5.74) is 0. The molecule has 0 bridgehead atoms. The topological polar surface area (TPSA) is 115 Å². The number of rotatable bonds is 9. The summed E-state index contributed by atoms with van der Waals surface area (Å²) in [5.74, 6) is 0. The highest BCUT2D eigenvalue weighted by Gasteiger charge is 2.15. The van der Waals surface area contributed by atoms with Crippen molar-refractivity contribution in [3.05, 3.63) is 0 Å². The first kappa shape index (κ1) is 14.6. The first-order valence-corrected chi connectivity index (χ1v) is 4.29. The summed E-state index contributed by atoms with van der Waals surface area (Å²) in [7, 11) is 0. The molecule has 92 valence electrons. The molecule has 0 amide bonds. The van der Waals surface area contributed by atoms with Gasteiger partial charge in [0.2, 0.25) is 0 Å². The van der Waals surface area contributed by atoms with Gasteiger partial charge in [-0.3, -0.25) is 20.8 Å². The molecule has 0 saturated heterocycles. The zero-order chi connectivity index (χ0) is 11.7. The van der Waals surface area contributed by atoms with Crippen LogP contribution in [0.5, 0.6) is 0 Å². The van der Waals surface area contributed by atoms with Gasteiger partial charge in [0.25, 0.3) is 0 Å². The fourth-order valence-electron chi connectivity index (χ4n) is 0.751. The Morgan fingerprint density at radius 2 is 1.73 bits per heavy atom.